The van der Waals surface area contributed by atoms with Crippen molar-refractivity contribution in [2.24, 2.45) is 11.5 Å². The molecule has 0 saturated carbocycles. The average molecular weight is 244 g/mol. The van der Waals surface area contributed by atoms with Crippen LogP contribution >= 0.6 is 0 Å². The van der Waals surface area contributed by atoms with Crippen LogP contribution in [0.1, 0.15) is 13.8 Å². The van der Waals surface area contributed by atoms with Gasteiger partial charge in [0.15, 0.2) is 0 Å². The van der Waals surface area contributed by atoms with Gasteiger partial charge in [-0.05, 0) is 13.8 Å². The lowest BCUT2D eigenvalue weighted by atomic mass is 10.1. The van der Waals surface area contributed by atoms with E-state index in [0.29, 0.717) is 19.6 Å². The lowest BCUT2D eigenvalue weighted by molar-refractivity contribution is -0.140. The molecule has 5 N–H and O–H groups in total. The Morgan fingerprint density at radius 2 is 2.18 bits per heavy atom. The fraction of sp³-hybridized carbons (Fsp3) is 0.800. The zero-order valence-corrected chi connectivity index (χ0v) is 10.2. The Kier molecular flexibility index (Phi) is 4.44. The first-order valence-electron chi connectivity index (χ1n) is 5.52. The van der Waals surface area contributed by atoms with Crippen LogP contribution in [0.4, 0.5) is 4.79 Å². The van der Waals surface area contributed by atoms with Crippen molar-refractivity contribution in [2.75, 3.05) is 26.2 Å². The third-order valence-corrected chi connectivity index (χ3v) is 2.44. The van der Waals surface area contributed by atoms with Gasteiger partial charge < -0.3 is 16.2 Å². The molecule has 1 rings (SSSR count). The van der Waals surface area contributed by atoms with Gasteiger partial charge in [0.2, 0.25) is 5.91 Å². The smallest absolute Gasteiger partial charge is 0.318 e. The second kappa shape index (κ2) is 5.44. The maximum Gasteiger partial charge on any atom is 0.318 e. The fourth-order valence-corrected chi connectivity index (χ4v) is 2.04. The SMILES string of the molecule is CC1(C)CN(CC(=O)NC(N)=O)CC(CN)O1. The summed E-state index contributed by atoms with van der Waals surface area (Å²) in [5, 5.41) is 2.04. The zero-order valence-electron chi connectivity index (χ0n) is 10.2. The summed E-state index contributed by atoms with van der Waals surface area (Å²) in [5.41, 5.74) is 10.1. The Labute approximate surface area is 100 Å². The van der Waals surface area contributed by atoms with Gasteiger partial charge in [0.05, 0.1) is 18.2 Å². The Hall–Kier alpha value is -1.18. The highest BCUT2D eigenvalue weighted by Gasteiger charge is 2.33. The average Bonchev–Trinajstić information content (AvgIpc) is 2.13. The molecule has 17 heavy (non-hydrogen) atoms. The van der Waals surface area contributed by atoms with Gasteiger partial charge in [-0.2, -0.15) is 0 Å². The number of morpholine rings is 1. The first-order chi connectivity index (χ1) is 7.82. The molecule has 1 saturated heterocycles. The van der Waals surface area contributed by atoms with Gasteiger partial charge in [-0.1, -0.05) is 0 Å². The van der Waals surface area contributed by atoms with Crippen molar-refractivity contribution in [2.45, 2.75) is 25.6 Å². The molecule has 1 aliphatic rings. The molecule has 1 atom stereocenters. The summed E-state index contributed by atoms with van der Waals surface area (Å²) < 4.78 is 5.73. The zero-order chi connectivity index (χ0) is 13.1. The van der Waals surface area contributed by atoms with E-state index in [1.807, 2.05) is 24.1 Å². The van der Waals surface area contributed by atoms with E-state index < -0.39 is 11.9 Å². The van der Waals surface area contributed by atoms with Gasteiger partial charge in [-0.3, -0.25) is 15.0 Å². The van der Waals surface area contributed by atoms with Crippen LogP contribution in [0.2, 0.25) is 0 Å². The van der Waals surface area contributed by atoms with E-state index in [1.165, 1.54) is 0 Å². The summed E-state index contributed by atoms with van der Waals surface area (Å²) in [6, 6.07) is -0.835. The summed E-state index contributed by atoms with van der Waals surface area (Å²) in [6.45, 7) is 5.58. The molecular formula is C10H20N4O3. The molecule has 0 bridgehead atoms. The number of hydrogen-bond acceptors (Lipinski definition) is 5. The summed E-state index contributed by atoms with van der Waals surface area (Å²) in [5.74, 6) is -0.411. The van der Waals surface area contributed by atoms with E-state index in [0.717, 1.165) is 0 Å². The van der Waals surface area contributed by atoms with Gasteiger partial charge in [0, 0.05) is 19.6 Å². The molecule has 1 aliphatic heterocycles. The highest BCUT2D eigenvalue weighted by molar-refractivity contribution is 5.94. The predicted octanol–water partition coefficient (Wildman–Crippen LogP) is -1.38. The van der Waals surface area contributed by atoms with E-state index in [9.17, 15) is 9.59 Å². The maximum absolute atomic E-state index is 11.4. The number of carbonyl (C=O) groups excluding carboxylic acids is 2. The standard InChI is InChI=1S/C10H20N4O3/c1-10(2)6-14(4-7(3-11)17-10)5-8(15)13-9(12)16/h7H,3-6,11H2,1-2H3,(H3,12,13,15,16). The van der Waals surface area contributed by atoms with Gasteiger partial charge >= 0.3 is 6.03 Å². The first kappa shape index (κ1) is 13.9. The number of primary amides is 1. The summed E-state index contributed by atoms with van der Waals surface area (Å²) in [7, 11) is 0. The van der Waals surface area contributed by atoms with E-state index in [2.05, 4.69) is 0 Å². The summed E-state index contributed by atoms with van der Waals surface area (Å²) in [4.78, 5) is 23.8. The minimum atomic E-state index is -0.835. The summed E-state index contributed by atoms with van der Waals surface area (Å²) in [6.07, 6.45) is -0.0971. The Morgan fingerprint density at radius 1 is 1.53 bits per heavy atom. The van der Waals surface area contributed by atoms with Gasteiger partial charge in [-0.25, -0.2) is 4.79 Å². The van der Waals surface area contributed by atoms with Crippen molar-refractivity contribution >= 4 is 11.9 Å². The van der Waals surface area contributed by atoms with Crippen molar-refractivity contribution in [3.05, 3.63) is 0 Å². The lowest BCUT2D eigenvalue weighted by Gasteiger charge is -2.42. The molecule has 0 aromatic carbocycles. The molecule has 0 radical (unpaired) electrons. The van der Waals surface area contributed by atoms with Crippen LogP contribution in [0.3, 0.4) is 0 Å². The van der Waals surface area contributed by atoms with Crippen LogP contribution in [-0.2, 0) is 9.53 Å². The number of carbonyl (C=O) groups is 2. The second-order valence-corrected chi connectivity index (χ2v) is 4.82. The molecule has 7 heteroatoms. The van der Waals surface area contributed by atoms with Crippen LogP contribution < -0.4 is 16.8 Å². The topological polar surface area (TPSA) is 111 Å². The number of urea groups is 1. The van der Waals surface area contributed by atoms with Crippen molar-refractivity contribution in [1.82, 2.24) is 10.2 Å². The van der Waals surface area contributed by atoms with E-state index in [1.54, 1.807) is 0 Å². The number of rotatable bonds is 3. The van der Waals surface area contributed by atoms with Crippen molar-refractivity contribution in [3.63, 3.8) is 0 Å². The highest BCUT2D eigenvalue weighted by Crippen LogP contribution is 2.20. The molecule has 3 amide bonds. The van der Waals surface area contributed by atoms with Crippen molar-refractivity contribution in [3.8, 4) is 0 Å². The van der Waals surface area contributed by atoms with E-state index >= 15 is 0 Å². The Bertz CT molecular complexity index is 306. The number of hydrogen-bond donors (Lipinski definition) is 3. The number of nitrogens with zero attached hydrogens (tertiary/aromatic N) is 1. The van der Waals surface area contributed by atoms with Gasteiger partial charge in [-0.15, -0.1) is 0 Å². The number of nitrogens with one attached hydrogen (secondary N) is 1. The second-order valence-electron chi connectivity index (χ2n) is 4.82. The van der Waals surface area contributed by atoms with Crippen LogP contribution in [0.5, 0.6) is 0 Å². The minimum Gasteiger partial charge on any atom is -0.368 e. The first-order valence-corrected chi connectivity index (χ1v) is 5.52. The third-order valence-electron chi connectivity index (χ3n) is 2.44. The van der Waals surface area contributed by atoms with Crippen LogP contribution in [0, 0.1) is 0 Å². The quantitative estimate of drug-likeness (QED) is 0.566. The largest absolute Gasteiger partial charge is 0.368 e. The van der Waals surface area contributed by atoms with Gasteiger partial charge in [0.25, 0.3) is 0 Å². The fourth-order valence-electron chi connectivity index (χ4n) is 2.04. The molecular weight excluding hydrogens is 224 g/mol. The third kappa shape index (κ3) is 4.68. The summed E-state index contributed by atoms with van der Waals surface area (Å²) >= 11 is 0. The normalized spacial score (nSPS) is 24.3. The number of ether oxygens (including phenoxy) is 1. The molecule has 1 fully saturated rings. The van der Waals surface area contributed by atoms with Crippen LogP contribution in [0.25, 0.3) is 0 Å². The van der Waals surface area contributed by atoms with E-state index in [-0.39, 0.29) is 18.2 Å². The Morgan fingerprint density at radius 3 is 2.71 bits per heavy atom. The van der Waals surface area contributed by atoms with Crippen LogP contribution in [0.15, 0.2) is 0 Å². The molecule has 1 unspecified atom stereocenters. The van der Waals surface area contributed by atoms with Crippen LogP contribution in [-0.4, -0.2) is 54.7 Å². The molecule has 7 nitrogen and oxygen atoms in total. The molecule has 98 valence electrons. The maximum atomic E-state index is 11.4. The number of imide groups is 1. The number of amides is 3. The van der Waals surface area contributed by atoms with Gasteiger partial charge in [0.1, 0.15) is 0 Å². The molecule has 0 spiro atoms. The highest BCUT2D eigenvalue weighted by atomic mass is 16.5. The molecule has 0 aromatic rings. The predicted molar refractivity (Wildman–Crippen MR) is 62.2 cm³/mol. The van der Waals surface area contributed by atoms with Crippen molar-refractivity contribution < 1.29 is 14.3 Å². The molecule has 0 aliphatic carbocycles. The van der Waals surface area contributed by atoms with E-state index in [4.69, 9.17) is 16.2 Å². The van der Waals surface area contributed by atoms with Crippen molar-refractivity contribution in [1.29, 1.82) is 0 Å². The lowest BCUT2D eigenvalue weighted by Crippen LogP contribution is -2.57. The molecule has 0 aromatic heterocycles. The molecule has 1 heterocycles. The minimum absolute atomic E-state index is 0.0971. The monoisotopic (exact) mass is 244 g/mol. The Balaban J connectivity index is 2.52. The number of nitrogens with two attached hydrogens (primary N) is 2.